The molecule has 0 saturated carbocycles. The van der Waals surface area contributed by atoms with Crippen molar-refractivity contribution in [3.63, 3.8) is 0 Å². The molecule has 0 saturated heterocycles. The van der Waals surface area contributed by atoms with Gasteiger partial charge in [0.1, 0.15) is 10.7 Å². The lowest BCUT2D eigenvalue weighted by Crippen LogP contribution is -2.26. The number of carbonyl (C=O) groups is 1. The van der Waals surface area contributed by atoms with E-state index < -0.39 is 21.4 Å². The first-order valence-electron chi connectivity index (χ1n) is 9.16. The fourth-order valence-corrected chi connectivity index (χ4v) is 4.85. The number of aryl methyl sites for hydroxylation is 1. The maximum atomic E-state index is 13.9. The molecule has 0 fully saturated rings. The van der Waals surface area contributed by atoms with E-state index >= 15 is 0 Å². The van der Waals surface area contributed by atoms with Crippen LogP contribution in [0.25, 0.3) is 0 Å². The number of ketones is 1. The van der Waals surface area contributed by atoms with Gasteiger partial charge in [0.2, 0.25) is 15.6 Å². The summed E-state index contributed by atoms with van der Waals surface area (Å²) < 4.78 is 40.3. The summed E-state index contributed by atoms with van der Waals surface area (Å²) in [4.78, 5) is 14.1. The standard InChI is InChI=1S/C23H18FNO3S/c1-2-16-8-10-17(11-9-16)23(26)22-15-25(19-6-4-3-5-7-19)20-13-12-18(24)14-21(20)29(22,27)28/h3-15H,2H2,1H3. The highest BCUT2D eigenvalue weighted by Gasteiger charge is 2.36. The second-order valence-electron chi connectivity index (χ2n) is 6.69. The summed E-state index contributed by atoms with van der Waals surface area (Å²) in [6, 6.07) is 19.4. The van der Waals surface area contributed by atoms with Crippen molar-refractivity contribution in [1.29, 1.82) is 0 Å². The normalized spacial score (nSPS) is 14.8. The van der Waals surface area contributed by atoms with E-state index in [0.717, 1.165) is 18.1 Å². The zero-order valence-electron chi connectivity index (χ0n) is 15.7. The summed E-state index contributed by atoms with van der Waals surface area (Å²) in [6.07, 6.45) is 2.13. The first-order valence-corrected chi connectivity index (χ1v) is 10.6. The predicted molar refractivity (Wildman–Crippen MR) is 110 cm³/mol. The highest BCUT2D eigenvalue weighted by molar-refractivity contribution is 7.96. The van der Waals surface area contributed by atoms with Gasteiger partial charge in [-0.3, -0.25) is 4.79 Å². The molecule has 1 aliphatic heterocycles. The van der Waals surface area contributed by atoms with Gasteiger partial charge in [-0.05, 0) is 42.3 Å². The van der Waals surface area contributed by atoms with Crippen LogP contribution >= 0.6 is 0 Å². The maximum Gasteiger partial charge on any atom is 0.214 e. The molecule has 0 radical (unpaired) electrons. The molecule has 3 aromatic carbocycles. The van der Waals surface area contributed by atoms with Gasteiger partial charge in [-0.2, -0.15) is 0 Å². The van der Waals surface area contributed by atoms with Crippen molar-refractivity contribution in [2.75, 3.05) is 4.90 Å². The third kappa shape index (κ3) is 3.36. The Morgan fingerprint density at radius 1 is 0.966 bits per heavy atom. The number of halogens is 1. The number of sulfone groups is 1. The van der Waals surface area contributed by atoms with E-state index in [9.17, 15) is 17.6 Å². The lowest BCUT2D eigenvalue weighted by molar-refractivity contribution is 0.104. The van der Waals surface area contributed by atoms with E-state index in [4.69, 9.17) is 0 Å². The largest absolute Gasteiger partial charge is 0.314 e. The van der Waals surface area contributed by atoms with Crippen LogP contribution in [-0.4, -0.2) is 14.2 Å². The van der Waals surface area contributed by atoms with E-state index in [1.807, 2.05) is 13.0 Å². The van der Waals surface area contributed by atoms with Gasteiger partial charge in [0, 0.05) is 17.5 Å². The number of hydrogen-bond donors (Lipinski definition) is 0. The first kappa shape index (κ1) is 19.1. The number of fused-ring (bicyclic) bond motifs is 1. The van der Waals surface area contributed by atoms with E-state index in [2.05, 4.69) is 0 Å². The molecule has 146 valence electrons. The topological polar surface area (TPSA) is 54.5 Å². The van der Waals surface area contributed by atoms with Crippen molar-refractivity contribution in [2.24, 2.45) is 0 Å². The minimum atomic E-state index is -4.18. The first-order chi connectivity index (χ1) is 13.9. The van der Waals surface area contributed by atoms with E-state index in [1.54, 1.807) is 53.4 Å². The molecule has 29 heavy (non-hydrogen) atoms. The van der Waals surface area contributed by atoms with E-state index in [1.165, 1.54) is 18.3 Å². The van der Waals surface area contributed by atoms with Gasteiger partial charge in [0.05, 0.1) is 10.6 Å². The summed E-state index contributed by atoms with van der Waals surface area (Å²) >= 11 is 0. The molecule has 0 aromatic heterocycles. The summed E-state index contributed by atoms with van der Waals surface area (Å²) in [7, 11) is -4.18. The van der Waals surface area contributed by atoms with Crippen molar-refractivity contribution >= 4 is 27.0 Å². The Morgan fingerprint density at radius 2 is 1.66 bits per heavy atom. The highest BCUT2D eigenvalue weighted by Crippen LogP contribution is 2.40. The minimum Gasteiger partial charge on any atom is -0.314 e. The minimum absolute atomic E-state index is 0.225. The summed E-state index contributed by atoms with van der Waals surface area (Å²) in [5.74, 6) is -1.30. The second-order valence-corrected chi connectivity index (χ2v) is 8.58. The molecule has 0 N–H and O–H groups in total. The molecule has 0 unspecified atom stereocenters. The Kier molecular flexibility index (Phi) is 4.80. The van der Waals surface area contributed by atoms with Crippen molar-refractivity contribution < 1.29 is 17.6 Å². The zero-order valence-corrected chi connectivity index (χ0v) is 16.5. The number of allylic oxidation sites excluding steroid dienone is 1. The Balaban J connectivity index is 1.90. The van der Waals surface area contributed by atoms with Crippen LogP contribution in [0.2, 0.25) is 0 Å². The fraction of sp³-hybridized carbons (Fsp3) is 0.0870. The third-order valence-corrected chi connectivity index (χ3v) is 6.67. The van der Waals surface area contributed by atoms with Crippen LogP contribution in [0.4, 0.5) is 15.8 Å². The Morgan fingerprint density at radius 3 is 2.31 bits per heavy atom. The Bertz CT molecular complexity index is 1220. The van der Waals surface area contributed by atoms with E-state index in [0.29, 0.717) is 11.4 Å². The molecule has 1 aliphatic rings. The lowest BCUT2D eigenvalue weighted by atomic mass is 10.1. The summed E-state index contributed by atoms with van der Waals surface area (Å²) in [6.45, 7) is 1.99. The number of carbonyl (C=O) groups excluding carboxylic acids is 1. The molecule has 3 aromatic rings. The predicted octanol–water partition coefficient (Wildman–Crippen LogP) is 5.04. The van der Waals surface area contributed by atoms with Crippen molar-refractivity contribution in [1.82, 2.24) is 0 Å². The zero-order chi connectivity index (χ0) is 20.6. The maximum absolute atomic E-state index is 13.9. The van der Waals surface area contributed by atoms with Crippen LogP contribution in [-0.2, 0) is 16.3 Å². The molecule has 1 heterocycles. The monoisotopic (exact) mass is 407 g/mol. The molecule has 0 bridgehead atoms. The van der Waals surface area contributed by atoms with Gasteiger partial charge in [0.25, 0.3) is 0 Å². The molecule has 4 nitrogen and oxygen atoms in total. The van der Waals surface area contributed by atoms with Crippen LogP contribution in [0.3, 0.4) is 0 Å². The number of rotatable bonds is 4. The number of benzene rings is 3. The Hall–Kier alpha value is -3.25. The molecule has 6 heteroatoms. The van der Waals surface area contributed by atoms with Gasteiger partial charge in [-0.1, -0.05) is 49.4 Å². The van der Waals surface area contributed by atoms with Crippen LogP contribution in [0.1, 0.15) is 22.8 Å². The Labute approximate surface area is 168 Å². The lowest BCUT2D eigenvalue weighted by Gasteiger charge is -2.28. The fourth-order valence-electron chi connectivity index (χ4n) is 3.29. The molecule has 0 atom stereocenters. The van der Waals surface area contributed by atoms with Crippen LogP contribution in [0.15, 0.2) is 88.8 Å². The quantitative estimate of drug-likeness (QED) is 0.569. The van der Waals surface area contributed by atoms with Gasteiger partial charge in [0.15, 0.2) is 0 Å². The molecular weight excluding hydrogens is 389 g/mol. The number of hydrogen-bond acceptors (Lipinski definition) is 4. The van der Waals surface area contributed by atoms with Gasteiger partial charge in [-0.15, -0.1) is 0 Å². The molecule has 0 spiro atoms. The van der Waals surface area contributed by atoms with Gasteiger partial charge < -0.3 is 4.90 Å². The SMILES string of the molecule is CCc1ccc(C(=O)C2=CN(c3ccccc3)c3ccc(F)cc3S2(=O)=O)cc1. The van der Waals surface area contributed by atoms with Crippen molar-refractivity contribution in [3.8, 4) is 0 Å². The summed E-state index contributed by atoms with van der Waals surface area (Å²) in [5, 5.41) is 0. The molecular formula is C23H18FNO3S. The van der Waals surface area contributed by atoms with Crippen LogP contribution in [0.5, 0.6) is 0 Å². The molecule has 0 aliphatic carbocycles. The summed E-state index contributed by atoms with van der Waals surface area (Å²) in [5.41, 5.74) is 2.28. The number of para-hydroxylation sites is 1. The highest BCUT2D eigenvalue weighted by atomic mass is 32.2. The van der Waals surface area contributed by atoms with E-state index in [-0.39, 0.29) is 15.4 Å². The van der Waals surface area contributed by atoms with Crippen molar-refractivity contribution in [3.05, 3.63) is 101 Å². The van der Waals surface area contributed by atoms with Crippen LogP contribution < -0.4 is 4.90 Å². The molecule has 4 rings (SSSR count). The average molecular weight is 407 g/mol. The van der Waals surface area contributed by atoms with Gasteiger partial charge >= 0.3 is 0 Å². The average Bonchev–Trinajstić information content (AvgIpc) is 2.74. The van der Waals surface area contributed by atoms with Gasteiger partial charge in [-0.25, -0.2) is 12.8 Å². The van der Waals surface area contributed by atoms with Crippen molar-refractivity contribution in [2.45, 2.75) is 18.2 Å². The van der Waals surface area contributed by atoms with Crippen LogP contribution in [0, 0.1) is 5.82 Å². The second kappa shape index (κ2) is 7.29. The number of Topliss-reactive ketones (excluding diaryl/α,β-unsaturated/α-hetero) is 1. The third-order valence-electron chi connectivity index (χ3n) is 4.89. The smallest absolute Gasteiger partial charge is 0.214 e. The molecule has 0 amide bonds. The number of nitrogens with zero attached hydrogens (tertiary/aromatic N) is 1. The number of anilines is 2.